The van der Waals surface area contributed by atoms with E-state index in [4.69, 9.17) is 6.57 Å². The van der Waals surface area contributed by atoms with Crippen molar-refractivity contribution in [3.8, 4) is 11.8 Å². The molecule has 12 atom stereocenters. The van der Waals surface area contributed by atoms with Crippen LogP contribution >= 0.6 is 0 Å². The number of nitriles is 1. The van der Waals surface area contributed by atoms with Crippen molar-refractivity contribution in [1.82, 2.24) is 8.97 Å². The lowest BCUT2D eigenvalue weighted by atomic mass is 9.66. The van der Waals surface area contributed by atoms with Crippen molar-refractivity contribution in [3.63, 3.8) is 0 Å². The monoisotopic (exact) mass is 922 g/mol. The van der Waals surface area contributed by atoms with E-state index in [1.165, 1.54) is 187 Å². The molecule has 0 saturated heterocycles. The molecule has 3 aromatic heterocycles. The predicted molar refractivity (Wildman–Crippen MR) is 284 cm³/mol. The van der Waals surface area contributed by atoms with Crippen LogP contribution in [-0.2, 0) is 0 Å². The third-order valence-electron chi connectivity index (χ3n) is 24.8. The normalized spacial score (nSPS) is 37.7. The number of benzene rings is 5. The highest BCUT2D eigenvalue weighted by atomic mass is 15.0. The summed E-state index contributed by atoms with van der Waals surface area (Å²) >= 11 is 0. The van der Waals surface area contributed by atoms with Crippen LogP contribution in [0.3, 0.4) is 0 Å². The maximum absolute atomic E-state index is 11.4. The molecule has 14 aliphatic rings. The fourth-order valence-corrected chi connectivity index (χ4v) is 23.3. The van der Waals surface area contributed by atoms with Gasteiger partial charge in [-0.2, -0.15) is 5.26 Å². The van der Waals surface area contributed by atoms with Crippen LogP contribution in [0.25, 0.3) is 70.4 Å². The third kappa shape index (κ3) is 4.39. The van der Waals surface area contributed by atoms with E-state index in [1.807, 2.05) is 0 Å². The van der Waals surface area contributed by atoms with E-state index in [-0.39, 0.29) is 0 Å². The third-order valence-corrected chi connectivity index (χ3v) is 24.8. The summed E-state index contributed by atoms with van der Waals surface area (Å²) in [5.41, 5.74) is 24.5. The number of hydrogen-bond donors (Lipinski definition) is 0. The lowest BCUT2D eigenvalue weighted by Gasteiger charge is -2.38. The largest absolute Gasteiger partial charge is 0.309 e. The summed E-state index contributed by atoms with van der Waals surface area (Å²) in [7, 11) is 0. The average molecular weight is 923 g/mol. The summed E-state index contributed by atoms with van der Waals surface area (Å²) in [5, 5.41) is 20.5. The van der Waals surface area contributed by atoms with Gasteiger partial charge < -0.3 is 8.97 Å². The lowest BCUT2D eigenvalue weighted by molar-refractivity contribution is 0.166. The molecular weight excluding hydrogens is 861 g/mol. The van der Waals surface area contributed by atoms with E-state index in [0.717, 1.165) is 58.6 Å². The van der Waals surface area contributed by atoms with E-state index < -0.39 is 0 Å². The van der Waals surface area contributed by atoms with E-state index in [2.05, 4.69) is 69.3 Å². The first kappa shape index (κ1) is 38.3. The Morgan fingerprint density at radius 3 is 1.73 bits per heavy atom. The molecule has 0 amide bonds. The van der Waals surface area contributed by atoms with Crippen molar-refractivity contribution < 1.29 is 0 Å². The van der Waals surface area contributed by atoms with Crippen LogP contribution < -0.4 is 0 Å². The van der Waals surface area contributed by atoms with Crippen LogP contribution in [0.2, 0.25) is 0 Å². The average Bonchev–Trinajstić information content (AvgIpc) is 4.08. The van der Waals surface area contributed by atoms with Crippen LogP contribution in [0.15, 0.2) is 42.5 Å². The molecule has 4 nitrogen and oxygen atoms in total. The Kier molecular flexibility index (Phi) is 6.76. The SMILES string of the molecule is [C-]#[N+]c1cc2c(c3c1C1CC4CC(C1)CC3C4)c1c3c4c5c(ccc4n(-c4cc(C#N)c6c(c4C)C4CC7CC6CC4C7)c3cc3c4c6c(ccc4n2c31)C1CC2CC(C1)CC6C2)C1CC2CC(C1)C5C2. The van der Waals surface area contributed by atoms with E-state index >= 15 is 0 Å². The summed E-state index contributed by atoms with van der Waals surface area (Å²) in [6, 6.07) is 21.0. The molecule has 3 heterocycles. The van der Waals surface area contributed by atoms with Crippen LogP contribution in [-0.4, -0.2) is 8.97 Å². The van der Waals surface area contributed by atoms with Gasteiger partial charge in [-0.15, -0.1) is 0 Å². The Morgan fingerprint density at radius 2 is 1.04 bits per heavy atom. The summed E-state index contributed by atoms with van der Waals surface area (Å²) in [6.45, 7) is 11.5. The van der Waals surface area contributed by atoms with Crippen molar-refractivity contribution in [2.75, 3.05) is 0 Å². The van der Waals surface area contributed by atoms with Crippen LogP contribution in [0.1, 0.15) is 219 Å². The molecule has 22 rings (SSSR count). The first-order valence-electron chi connectivity index (χ1n) is 29.2. The summed E-state index contributed by atoms with van der Waals surface area (Å²) in [6.07, 6.45) is 24.2. The molecule has 5 aromatic carbocycles. The zero-order valence-electron chi connectivity index (χ0n) is 41.3. The van der Waals surface area contributed by atoms with Gasteiger partial charge in [0.2, 0.25) is 0 Å². The molecule has 4 heteroatoms. The number of hydrogen-bond acceptors (Lipinski definition) is 1. The van der Waals surface area contributed by atoms with Crippen molar-refractivity contribution in [3.05, 3.63) is 110 Å². The maximum Gasteiger partial charge on any atom is 0.193 e. The molecule has 8 aromatic rings. The predicted octanol–water partition coefficient (Wildman–Crippen LogP) is 17.4. The molecule has 8 fully saturated rings. The summed E-state index contributed by atoms with van der Waals surface area (Å²) in [5.74, 6) is 11.2. The Labute approximate surface area is 416 Å². The molecule has 14 aliphatic carbocycles. The van der Waals surface area contributed by atoms with Crippen molar-refractivity contribution >= 4 is 65.6 Å². The maximum atomic E-state index is 11.4. The quantitative estimate of drug-likeness (QED) is 0.151. The Balaban J connectivity index is 1.02. The zero-order chi connectivity index (χ0) is 45.8. The minimum atomic E-state index is 0.497. The fourth-order valence-electron chi connectivity index (χ4n) is 23.3. The molecule has 0 spiro atoms. The molecule has 350 valence electrons. The molecule has 8 saturated carbocycles. The van der Waals surface area contributed by atoms with Crippen molar-refractivity contribution in [2.24, 2.45) is 47.3 Å². The molecule has 14 bridgehead atoms. The van der Waals surface area contributed by atoms with Gasteiger partial charge in [-0.05, 0) is 298 Å². The highest BCUT2D eigenvalue weighted by molar-refractivity contribution is 6.37. The van der Waals surface area contributed by atoms with Crippen molar-refractivity contribution in [1.29, 1.82) is 5.26 Å². The smallest absolute Gasteiger partial charge is 0.193 e. The van der Waals surface area contributed by atoms with Crippen LogP contribution in [0.5, 0.6) is 0 Å². The number of nitrogens with zero attached hydrogens (tertiary/aromatic N) is 4. The van der Waals surface area contributed by atoms with E-state index in [0.29, 0.717) is 47.3 Å². The van der Waals surface area contributed by atoms with Gasteiger partial charge in [-0.3, -0.25) is 0 Å². The molecule has 0 N–H and O–H groups in total. The molecule has 71 heavy (non-hydrogen) atoms. The minimum absolute atomic E-state index is 0.497. The highest BCUT2D eigenvalue weighted by Gasteiger charge is 2.52. The van der Waals surface area contributed by atoms with Gasteiger partial charge in [0.25, 0.3) is 0 Å². The number of aromatic nitrogens is 2. The van der Waals surface area contributed by atoms with Gasteiger partial charge in [-0.25, -0.2) is 4.85 Å². The standard InChI is InChI=1S/C67H62N4/c1-29-53(25-44(28-68)57-43-20-35-13-39(24-43)47(21-35)56(29)57)70-52-6-4-46-37-11-34-12-38(23-37)48(22-34)61(46)63(52)65-54(70)26-49-62-51(5-3-45-36-9-30-7-31(10-36)15-40(14-30)58(45)62)71-55-27-50(69-2)59-41-16-32-8-33(17-41)19-42(18-32)60(59)64(55)66(65)67(49)71/h3-6,25-27,30-43,47-48H,7-24H2,1H3. The first-order chi connectivity index (χ1) is 34.9. The van der Waals surface area contributed by atoms with Gasteiger partial charge in [0, 0.05) is 37.8 Å². The van der Waals surface area contributed by atoms with Gasteiger partial charge >= 0.3 is 0 Å². The van der Waals surface area contributed by atoms with Crippen molar-refractivity contribution in [2.45, 2.75) is 170 Å². The Bertz CT molecular complexity index is 3940. The fraction of sp³-hybridized carbons (Fsp3) is 0.522. The van der Waals surface area contributed by atoms with E-state index in [1.54, 1.807) is 44.2 Å². The molecule has 0 radical (unpaired) electrons. The van der Waals surface area contributed by atoms with Gasteiger partial charge in [-0.1, -0.05) is 12.1 Å². The van der Waals surface area contributed by atoms with Crippen LogP contribution in [0.4, 0.5) is 5.69 Å². The van der Waals surface area contributed by atoms with Gasteiger partial charge in [0.15, 0.2) is 5.69 Å². The lowest BCUT2D eigenvalue weighted by Crippen LogP contribution is -2.25. The molecule has 12 unspecified atom stereocenters. The second-order valence-corrected chi connectivity index (χ2v) is 27.7. The summed E-state index contributed by atoms with van der Waals surface area (Å²) < 4.78 is 5.59. The first-order valence-corrected chi connectivity index (χ1v) is 29.2. The molecule has 0 aliphatic heterocycles. The van der Waals surface area contributed by atoms with Crippen LogP contribution in [0, 0.1) is 72.2 Å². The second-order valence-electron chi connectivity index (χ2n) is 27.7. The highest BCUT2D eigenvalue weighted by Crippen LogP contribution is 2.67. The Morgan fingerprint density at radius 1 is 0.479 bits per heavy atom. The topological polar surface area (TPSA) is 37.5 Å². The van der Waals surface area contributed by atoms with Gasteiger partial charge in [0.05, 0.1) is 46.0 Å². The zero-order valence-corrected chi connectivity index (χ0v) is 41.3. The number of fused-ring (bicyclic) bond motifs is 21. The minimum Gasteiger partial charge on any atom is -0.309 e. The Hall–Kier alpha value is -5.32. The number of rotatable bonds is 1. The second kappa shape index (κ2) is 12.5. The summed E-state index contributed by atoms with van der Waals surface area (Å²) in [4.78, 5) is 4.60. The molecular formula is C67H62N4. The van der Waals surface area contributed by atoms with Gasteiger partial charge in [0.1, 0.15) is 0 Å². The van der Waals surface area contributed by atoms with E-state index in [9.17, 15) is 5.26 Å².